The molecule has 26 heavy (non-hydrogen) atoms. The lowest BCUT2D eigenvalue weighted by Gasteiger charge is -2.16. The SMILES string of the molecule is O=C(Nc1nnc(C2CC(=O)N(c3ccc(Cl)cc3)C2)s1)c1cccs1. The molecule has 1 N–H and O–H groups in total. The third-order valence-electron chi connectivity index (χ3n) is 4.02. The molecule has 4 rings (SSSR count). The highest BCUT2D eigenvalue weighted by Crippen LogP contribution is 2.34. The molecule has 1 unspecified atom stereocenters. The number of hydrogen-bond acceptors (Lipinski definition) is 6. The third kappa shape index (κ3) is 3.48. The summed E-state index contributed by atoms with van der Waals surface area (Å²) >= 11 is 8.58. The largest absolute Gasteiger partial charge is 0.312 e. The molecule has 9 heteroatoms. The fourth-order valence-corrected chi connectivity index (χ4v) is 4.33. The van der Waals surface area contributed by atoms with Crippen LogP contribution in [0.3, 0.4) is 0 Å². The minimum absolute atomic E-state index is 0.0386. The van der Waals surface area contributed by atoms with E-state index in [0.29, 0.717) is 28.0 Å². The van der Waals surface area contributed by atoms with Crippen molar-refractivity contribution in [2.45, 2.75) is 12.3 Å². The van der Waals surface area contributed by atoms with Gasteiger partial charge in [-0.3, -0.25) is 14.9 Å². The van der Waals surface area contributed by atoms with Crippen molar-refractivity contribution >= 4 is 56.9 Å². The van der Waals surface area contributed by atoms with Gasteiger partial charge in [-0.05, 0) is 35.7 Å². The van der Waals surface area contributed by atoms with E-state index in [1.165, 1.54) is 22.7 Å². The maximum atomic E-state index is 12.4. The third-order valence-corrected chi connectivity index (χ3v) is 6.14. The molecule has 132 valence electrons. The second-order valence-electron chi connectivity index (χ2n) is 5.76. The molecule has 0 aliphatic carbocycles. The Labute approximate surface area is 162 Å². The highest BCUT2D eigenvalue weighted by Gasteiger charge is 2.34. The average molecular weight is 405 g/mol. The van der Waals surface area contributed by atoms with Crippen molar-refractivity contribution in [3.63, 3.8) is 0 Å². The number of aromatic nitrogens is 2. The summed E-state index contributed by atoms with van der Waals surface area (Å²) in [4.78, 5) is 26.8. The number of nitrogens with one attached hydrogen (secondary N) is 1. The number of thiophene rings is 1. The first-order valence-electron chi connectivity index (χ1n) is 7.84. The van der Waals surface area contributed by atoms with Crippen LogP contribution in [0.4, 0.5) is 10.8 Å². The van der Waals surface area contributed by atoms with Crippen LogP contribution in [0.5, 0.6) is 0 Å². The summed E-state index contributed by atoms with van der Waals surface area (Å²) in [5.41, 5.74) is 0.817. The fourth-order valence-electron chi connectivity index (χ4n) is 2.76. The maximum absolute atomic E-state index is 12.4. The average Bonchev–Trinajstić information content (AvgIpc) is 3.36. The van der Waals surface area contributed by atoms with E-state index >= 15 is 0 Å². The van der Waals surface area contributed by atoms with Crippen LogP contribution in [0.2, 0.25) is 5.02 Å². The Morgan fingerprint density at radius 3 is 2.77 bits per heavy atom. The molecule has 1 aliphatic heterocycles. The molecule has 2 aromatic heterocycles. The molecular weight excluding hydrogens is 392 g/mol. The van der Waals surface area contributed by atoms with Crippen LogP contribution in [-0.4, -0.2) is 28.6 Å². The Hall–Kier alpha value is -2.29. The van der Waals surface area contributed by atoms with Gasteiger partial charge in [0.05, 0.1) is 4.88 Å². The predicted molar refractivity (Wildman–Crippen MR) is 103 cm³/mol. The molecule has 1 aliphatic rings. The van der Waals surface area contributed by atoms with Crippen LogP contribution >= 0.6 is 34.3 Å². The van der Waals surface area contributed by atoms with Crippen LogP contribution < -0.4 is 10.2 Å². The number of anilines is 2. The lowest BCUT2D eigenvalue weighted by atomic mass is 10.1. The van der Waals surface area contributed by atoms with Crippen molar-refractivity contribution in [3.05, 3.63) is 56.7 Å². The summed E-state index contributed by atoms with van der Waals surface area (Å²) in [6.07, 6.45) is 0.371. The molecule has 0 radical (unpaired) electrons. The predicted octanol–water partition coefficient (Wildman–Crippen LogP) is 4.03. The quantitative estimate of drug-likeness (QED) is 0.712. The standard InChI is InChI=1S/C17H13ClN4O2S2/c18-11-3-5-12(6-4-11)22-9-10(8-14(22)23)16-20-21-17(26-16)19-15(24)13-2-1-7-25-13/h1-7,10H,8-9H2,(H,19,21,24). The van der Waals surface area contributed by atoms with Gasteiger partial charge in [-0.25, -0.2) is 0 Å². The van der Waals surface area contributed by atoms with Crippen LogP contribution in [0, 0.1) is 0 Å². The Balaban J connectivity index is 1.45. The van der Waals surface area contributed by atoms with Crippen molar-refractivity contribution in [2.75, 3.05) is 16.8 Å². The molecule has 6 nitrogen and oxygen atoms in total. The smallest absolute Gasteiger partial charge is 0.267 e. The number of carbonyl (C=O) groups excluding carboxylic acids is 2. The molecule has 1 aromatic carbocycles. The first-order valence-corrected chi connectivity index (χ1v) is 9.92. The van der Waals surface area contributed by atoms with Gasteiger partial charge in [0, 0.05) is 29.6 Å². The Kier molecular flexibility index (Phi) is 4.71. The van der Waals surface area contributed by atoms with E-state index in [1.54, 1.807) is 23.1 Å². The molecule has 3 heterocycles. The van der Waals surface area contributed by atoms with E-state index in [0.717, 1.165) is 10.7 Å². The minimum atomic E-state index is -0.201. The molecule has 1 saturated heterocycles. The Morgan fingerprint density at radius 2 is 2.04 bits per heavy atom. The Bertz CT molecular complexity index is 940. The normalized spacial score (nSPS) is 16.9. The van der Waals surface area contributed by atoms with Crippen molar-refractivity contribution in [2.24, 2.45) is 0 Å². The first kappa shape index (κ1) is 17.1. The molecule has 3 aromatic rings. The molecule has 1 fully saturated rings. The van der Waals surface area contributed by atoms with E-state index < -0.39 is 0 Å². The highest BCUT2D eigenvalue weighted by atomic mass is 35.5. The number of nitrogens with zero attached hydrogens (tertiary/aromatic N) is 3. The van der Waals surface area contributed by atoms with E-state index in [4.69, 9.17) is 11.6 Å². The summed E-state index contributed by atoms with van der Waals surface area (Å²) in [6.45, 7) is 0.536. The minimum Gasteiger partial charge on any atom is -0.312 e. The summed E-state index contributed by atoms with van der Waals surface area (Å²) in [5, 5.41) is 14.6. The molecule has 0 bridgehead atoms. The van der Waals surface area contributed by atoms with Crippen LogP contribution in [0.1, 0.15) is 27.0 Å². The topological polar surface area (TPSA) is 75.2 Å². The number of benzene rings is 1. The fraction of sp³-hybridized carbons (Fsp3) is 0.176. The molecule has 2 amide bonds. The van der Waals surface area contributed by atoms with Crippen molar-refractivity contribution < 1.29 is 9.59 Å². The van der Waals surface area contributed by atoms with Crippen LogP contribution in [0.15, 0.2) is 41.8 Å². The van der Waals surface area contributed by atoms with Gasteiger partial charge in [0.2, 0.25) is 11.0 Å². The number of halogens is 1. The maximum Gasteiger partial charge on any atom is 0.267 e. The van der Waals surface area contributed by atoms with E-state index in [9.17, 15) is 9.59 Å². The monoisotopic (exact) mass is 404 g/mol. The zero-order chi connectivity index (χ0) is 18.1. The summed E-state index contributed by atoms with van der Waals surface area (Å²) in [6, 6.07) is 10.8. The van der Waals surface area contributed by atoms with Gasteiger partial charge in [-0.2, -0.15) is 0 Å². The van der Waals surface area contributed by atoms with Gasteiger partial charge in [0.25, 0.3) is 5.91 Å². The molecule has 1 atom stereocenters. The van der Waals surface area contributed by atoms with Gasteiger partial charge in [0.1, 0.15) is 5.01 Å². The molecule has 0 saturated carbocycles. The number of rotatable bonds is 4. The molecular formula is C17H13ClN4O2S2. The second-order valence-corrected chi connectivity index (χ2v) is 8.15. The van der Waals surface area contributed by atoms with Gasteiger partial charge >= 0.3 is 0 Å². The molecule has 0 spiro atoms. The van der Waals surface area contributed by atoms with Crippen LogP contribution in [-0.2, 0) is 4.79 Å². The summed E-state index contributed by atoms with van der Waals surface area (Å²) in [7, 11) is 0. The lowest BCUT2D eigenvalue weighted by molar-refractivity contribution is -0.117. The lowest BCUT2D eigenvalue weighted by Crippen LogP contribution is -2.24. The number of hydrogen-bond donors (Lipinski definition) is 1. The first-order chi connectivity index (χ1) is 12.6. The highest BCUT2D eigenvalue weighted by molar-refractivity contribution is 7.15. The van der Waals surface area contributed by atoms with Crippen molar-refractivity contribution in [3.8, 4) is 0 Å². The van der Waals surface area contributed by atoms with Gasteiger partial charge < -0.3 is 4.90 Å². The van der Waals surface area contributed by atoms with E-state index in [2.05, 4.69) is 15.5 Å². The summed E-state index contributed by atoms with van der Waals surface area (Å²) < 4.78 is 0. The summed E-state index contributed by atoms with van der Waals surface area (Å²) in [5.74, 6) is -0.201. The van der Waals surface area contributed by atoms with Gasteiger partial charge in [-0.15, -0.1) is 21.5 Å². The second kappa shape index (κ2) is 7.14. The number of carbonyl (C=O) groups is 2. The van der Waals surface area contributed by atoms with Crippen molar-refractivity contribution in [1.82, 2.24) is 10.2 Å². The number of amides is 2. The zero-order valence-corrected chi connectivity index (χ0v) is 15.8. The van der Waals surface area contributed by atoms with E-state index in [1.807, 2.05) is 23.6 Å². The Morgan fingerprint density at radius 1 is 1.23 bits per heavy atom. The van der Waals surface area contributed by atoms with Crippen LogP contribution in [0.25, 0.3) is 0 Å². The van der Waals surface area contributed by atoms with Gasteiger partial charge in [0.15, 0.2) is 0 Å². The van der Waals surface area contributed by atoms with Crippen molar-refractivity contribution in [1.29, 1.82) is 0 Å². The van der Waals surface area contributed by atoms with Gasteiger partial charge in [-0.1, -0.05) is 29.0 Å². The van der Waals surface area contributed by atoms with E-state index in [-0.39, 0.29) is 17.7 Å². The zero-order valence-electron chi connectivity index (χ0n) is 13.4.